The maximum absolute atomic E-state index is 11.8. The van der Waals surface area contributed by atoms with Crippen molar-refractivity contribution in [2.24, 2.45) is 0 Å². The SMILES string of the molecule is Nc1ccc(CSCC(=O)Nc2ccc(Cl)cc2)cc1. The Bertz CT molecular complexity index is 569. The number of carbonyl (C=O) groups excluding carboxylic acids is 1. The van der Waals surface area contributed by atoms with Crippen LogP contribution in [0.2, 0.25) is 5.02 Å². The van der Waals surface area contributed by atoms with Crippen LogP contribution in [0.15, 0.2) is 48.5 Å². The van der Waals surface area contributed by atoms with Gasteiger partial charge in [0.15, 0.2) is 0 Å². The van der Waals surface area contributed by atoms with Gasteiger partial charge in [0.1, 0.15) is 0 Å². The minimum absolute atomic E-state index is 0.0206. The van der Waals surface area contributed by atoms with Crippen LogP contribution in [0.3, 0.4) is 0 Å². The number of hydrogen-bond acceptors (Lipinski definition) is 3. The summed E-state index contributed by atoms with van der Waals surface area (Å²) in [5, 5.41) is 3.48. The first-order valence-electron chi connectivity index (χ1n) is 6.11. The van der Waals surface area contributed by atoms with Gasteiger partial charge < -0.3 is 11.1 Å². The molecule has 0 saturated carbocycles. The van der Waals surface area contributed by atoms with Crippen LogP contribution in [-0.4, -0.2) is 11.7 Å². The zero-order chi connectivity index (χ0) is 14.4. The van der Waals surface area contributed by atoms with Crippen LogP contribution in [0.25, 0.3) is 0 Å². The average Bonchev–Trinajstić information content (AvgIpc) is 2.44. The molecule has 0 saturated heterocycles. The molecule has 104 valence electrons. The van der Waals surface area contributed by atoms with Crippen LogP contribution in [0.4, 0.5) is 11.4 Å². The van der Waals surface area contributed by atoms with E-state index in [2.05, 4.69) is 5.32 Å². The number of amides is 1. The largest absolute Gasteiger partial charge is 0.399 e. The first-order valence-corrected chi connectivity index (χ1v) is 7.64. The summed E-state index contributed by atoms with van der Waals surface area (Å²) in [5.74, 6) is 1.18. The topological polar surface area (TPSA) is 55.1 Å². The van der Waals surface area contributed by atoms with E-state index in [1.165, 1.54) is 0 Å². The van der Waals surface area contributed by atoms with Crippen molar-refractivity contribution in [2.75, 3.05) is 16.8 Å². The molecule has 2 rings (SSSR count). The van der Waals surface area contributed by atoms with E-state index in [1.54, 1.807) is 36.0 Å². The van der Waals surface area contributed by atoms with Crippen molar-refractivity contribution < 1.29 is 4.79 Å². The van der Waals surface area contributed by atoms with Crippen LogP contribution in [0, 0.1) is 0 Å². The lowest BCUT2D eigenvalue weighted by atomic mass is 10.2. The van der Waals surface area contributed by atoms with Gasteiger partial charge in [-0.05, 0) is 42.0 Å². The molecule has 0 aliphatic heterocycles. The number of rotatable bonds is 5. The highest BCUT2D eigenvalue weighted by molar-refractivity contribution is 7.99. The van der Waals surface area contributed by atoms with Crippen molar-refractivity contribution in [1.29, 1.82) is 0 Å². The van der Waals surface area contributed by atoms with Gasteiger partial charge in [-0.3, -0.25) is 4.79 Å². The fourth-order valence-electron chi connectivity index (χ4n) is 1.61. The van der Waals surface area contributed by atoms with Gasteiger partial charge >= 0.3 is 0 Å². The van der Waals surface area contributed by atoms with Crippen LogP contribution in [-0.2, 0) is 10.5 Å². The second-order valence-electron chi connectivity index (χ2n) is 4.29. The Hall–Kier alpha value is -1.65. The lowest BCUT2D eigenvalue weighted by Gasteiger charge is -2.05. The monoisotopic (exact) mass is 306 g/mol. The van der Waals surface area contributed by atoms with E-state index in [4.69, 9.17) is 17.3 Å². The van der Waals surface area contributed by atoms with E-state index in [9.17, 15) is 4.79 Å². The number of hydrogen-bond donors (Lipinski definition) is 2. The summed E-state index contributed by atoms with van der Waals surface area (Å²) >= 11 is 7.35. The molecule has 3 N–H and O–H groups in total. The number of anilines is 2. The third-order valence-corrected chi connectivity index (χ3v) is 3.87. The Morgan fingerprint density at radius 1 is 1.10 bits per heavy atom. The first kappa shape index (κ1) is 14.8. The molecule has 0 aliphatic rings. The summed E-state index contributed by atoms with van der Waals surface area (Å²) in [6.07, 6.45) is 0. The molecular formula is C15H15ClN2OS. The van der Waals surface area contributed by atoms with Crippen LogP contribution < -0.4 is 11.1 Å². The van der Waals surface area contributed by atoms with Crippen molar-refractivity contribution in [1.82, 2.24) is 0 Å². The van der Waals surface area contributed by atoms with Crippen molar-refractivity contribution in [2.45, 2.75) is 5.75 Å². The molecule has 3 nitrogen and oxygen atoms in total. The quantitative estimate of drug-likeness (QED) is 0.826. The minimum Gasteiger partial charge on any atom is -0.399 e. The van der Waals surface area contributed by atoms with E-state index >= 15 is 0 Å². The molecule has 0 radical (unpaired) electrons. The Morgan fingerprint density at radius 3 is 2.40 bits per heavy atom. The Morgan fingerprint density at radius 2 is 1.75 bits per heavy atom. The van der Waals surface area contributed by atoms with E-state index in [0.717, 1.165) is 22.7 Å². The summed E-state index contributed by atoms with van der Waals surface area (Å²) in [7, 11) is 0. The number of carbonyl (C=O) groups is 1. The minimum atomic E-state index is -0.0206. The smallest absolute Gasteiger partial charge is 0.234 e. The number of nitrogens with two attached hydrogens (primary N) is 1. The van der Waals surface area contributed by atoms with Gasteiger partial charge in [0.2, 0.25) is 5.91 Å². The summed E-state index contributed by atoms with van der Waals surface area (Å²) in [5.41, 5.74) is 8.28. The van der Waals surface area contributed by atoms with Gasteiger partial charge in [-0.1, -0.05) is 23.7 Å². The highest BCUT2D eigenvalue weighted by atomic mass is 35.5. The van der Waals surface area contributed by atoms with E-state index in [-0.39, 0.29) is 5.91 Å². The van der Waals surface area contributed by atoms with Crippen molar-refractivity contribution in [3.8, 4) is 0 Å². The van der Waals surface area contributed by atoms with Gasteiger partial charge in [0.25, 0.3) is 0 Å². The maximum atomic E-state index is 11.8. The van der Waals surface area contributed by atoms with Crippen molar-refractivity contribution >= 4 is 40.6 Å². The van der Waals surface area contributed by atoms with E-state index in [0.29, 0.717) is 10.8 Å². The molecule has 0 atom stereocenters. The molecule has 0 aromatic heterocycles. The number of nitrogens with one attached hydrogen (secondary N) is 1. The molecule has 0 aliphatic carbocycles. The molecule has 2 aromatic carbocycles. The van der Waals surface area contributed by atoms with E-state index < -0.39 is 0 Å². The molecule has 0 unspecified atom stereocenters. The standard InChI is InChI=1S/C15H15ClN2OS/c16-12-3-7-14(8-4-12)18-15(19)10-20-9-11-1-5-13(17)6-2-11/h1-8H,9-10,17H2,(H,18,19). The Balaban J connectivity index is 1.75. The molecular weight excluding hydrogens is 292 g/mol. The molecule has 20 heavy (non-hydrogen) atoms. The molecule has 0 fully saturated rings. The first-order chi connectivity index (χ1) is 9.63. The van der Waals surface area contributed by atoms with Gasteiger partial charge in [0.05, 0.1) is 5.75 Å². The van der Waals surface area contributed by atoms with E-state index in [1.807, 2.05) is 24.3 Å². The molecule has 0 heterocycles. The molecule has 2 aromatic rings. The molecule has 1 amide bonds. The Kier molecular flexibility index (Phi) is 5.32. The molecule has 5 heteroatoms. The summed E-state index contributed by atoms with van der Waals surface area (Å²) in [6.45, 7) is 0. The predicted molar refractivity (Wildman–Crippen MR) is 87.1 cm³/mol. The number of thioether (sulfide) groups is 1. The zero-order valence-electron chi connectivity index (χ0n) is 10.8. The summed E-state index contributed by atoms with van der Waals surface area (Å²) in [4.78, 5) is 11.8. The fourth-order valence-corrected chi connectivity index (χ4v) is 2.52. The maximum Gasteiger partial charge on any atom is 0.234 e. The summed E-state index contributed by atoms with van der Waals surface area (Å²) < 4.78 is 0. The van der Waals surface area contributed by atoms with Crippen LogP contribution in [0.5, 0.6) is 0 Å². The lowest BCUT2D eigenvalue weighted by molar-refractivity contribution is -0.113. The number of benzene rings is 2. The second kappa shape index (κ2) is 7.22. The fraction of sp³-hybridized carbons (Fsp3) is 0.133. The third kappa shape index (κ3) is 4.79. The third-order valence-electron chi connectivity index (χ3n) is 2.61. The van der Waals surface area contributed by atoms with Gasteiger partial charge in [0, 0.05) is 22.2 Å². The number of halogens is 1. The molecule has 0 bridgehead atoms. The highest BCUT2D eigenvalue weighted by Gasteiger charge is 2.03. The predicted octanol–water partition coefficient (Wildman–Crippen LogP) is 3.79. The van der Waals surface area contributed by atoms with Gasteiger partial charge in [-0.2, -0.15) is 0 Å². The summed E-state index contributed by atoms with van der Waals surface area (Å²) in [6, 6.07) is 14.7. The molecule has 0 spiro atoms. The normalized spacial score (nSPS) is 10.2. The second-order valence-corrected chi connectivity index (χ2v) is 5.71. The Labute approximate surface area is 127 Å². The van der Waals surface area contributed by atoms with Crippen LogP contribution in [0.1, 0.15) is 5.56 Å². The van der Waals surface area contributed by atoms with Crippen molar-refractivity contribution in [3.05, 3.63) is 59.1 Å². The van der Waals surface area contributed by atoms with Crippen molar-refractivity contribution in [3.63, 3.8) is 0 Å². The highest BCUT2D eigenvalue weighted by Crippen LogP contribution is 2.16. The van der Waals surface area contributed by atoms with Crippen LogP contribution >= 0.6 is 23.4 Å². The van der Waals surface area contributed by atoms with Gasteiger partial charge in [-0.25, -0.2) is 0 Å². The van der Waals surface area contributed by atoms with Gasteiger partial charge in [-0.15, -0.1) is 11.8 Å². The lowest BCUT2D eigenvalue weighted by Crippen LogP contribution is -2.14. The average molecular weight is 307 g/mol. The number of nitrogen functional groups attached to an aromatic ring is 1. The zero-order valence-corrected chi connectivity index (χ0v) is 12.4.